The average molecular weight is 236 g/mol. The number of benzene rings is 1. The van der Waals surface area contributed by atoms with Crippen molar-refractivity contribution >= 4 is 6.29 Å². The van der Waals surface area contributed by atoms with E-state index >= 15 is 0 Å². The smallest absolute Gasteiger partial charge is 0.129 e. The van der Waals surface area contributed by atoms with Gasteiger partial charge in [-0.3, -0.25) is 0 Å². The molecule has 0 fully saturated rings. The lowest BCUT2D eigenvalue weighted by Gasteiger charge is -2.23. The molecule has 1 aromatic carbocycles. The van der Waals surface area contributed by atoms with E-state index in [1.54, 1.807) is 7.11 Å². The van der Waals surface area contributed by atoms with Gasteiger partial charge in [-0.05, 0) is 22.6 Å². The lowest BCUT2D eigenvalue weighted by Crippen LogP contribution is -2.14. The van der Waals surface area contributed by atoms with Crippen LogP contribution in [0, 0.1) is 0 Å². The Kier molecular flexibility index (Phi) is 4.29. The van der Waals surface area contributed by atoms with Gasteiger partial charge in [0.05, 0.1) is 19.6 Å². The largest absolute Gasteiger partial charge is 0.496 e. The molecule has 1 aromatic rings. The van der Waals surface area contributed by atoms with Gasteiger partial charge in [-0.15, -0.1) is 0 Å². The van der Waals surface area contributed by atoms with E-state index in [-0.39, 0.29) is 12.0 Å². The highest BCUT2D eigenvalue weighted by Crippen LogP contribution is 2.33. The summed E-state index contributed by atoms with van der Waals surface area (Å²) in [7, 11) is 1.61. The second kappa shape index (κ2) is 5.32. The van der Waals surface area contributed by atoms with Gasteiger partial charge in [0.1, 0.15) is 12.0 Å². The van der Waals surface area contributed by atoms with Crippen LogP contribution in [0.3, 0.4) is 0 Å². The number of aliphatic hydroxyl groups excluding tert-OH is 1. The second-order valence-corrected chi connectivity index (χ2v) is 5.13. The Morgan fingerprint density at radius 1 is 1.41 bits per heavy atom. The Morgan fingerprint density at radius 2 is 2.06 bits per heavy atom. The van der Waals surface area contributed by atoms with Crippen LogP contribution in [0.4, 0.5) is 0 Å². The van der Waals surface area contributed by atoms with Crippen LogP contribution < -0.4 is 4.74 Å². The van der Waals surface area contributed by atoms with Gasteiger partial charge in [0.2, 0.25) is 0 Å². The minimum absolute atomic E-state index is 0.0141. The molecule has 1 N–H and O–H groups in total. The maximum atomic E-state index is 10.8. The molecule has 3 nitrogen and oxygen atoms in total. The first-order valence-electron chi connectivity index (χ1n) is 5.68. The molecule has 0 heterocycles. The fourth-order valence-corrected chi connectivity index (χ4v) is 1.79. The first-order chi connectivity index (χ1) is 7.93. The molecule has 0 spiro atoms. The molecule has 1 unspecified atom stereocenters. The zero-order valence-electron chi connectivity index (χ0n) is 10.9. The monoisotopic (exact) mass is 236 g/mol. The zero-order chi connectivity index (χ0) is 13.1. The first-order valence-corrected chi connectivity index (χ1v) is 5.68. The van der Waals surface area contributed by atoms with Crippen molar-refractivity contribution in [3.63, 3.8) is 0 Å². The predicted molar refractivity (Wildman–Crippen MR) is 67.6 cm³/mol. The van der Waals surface area contributed by atoms with Crippen LogP contribution in [0.2, 0.25) is 0 Å². The number of hydrogen-bond acceptors (Lipinski definition) is 3. The summed E-state index contributed by atoms with van der Waals surface area (Å²) in [4.78, 5) is 10.8. The normalized spacial score (nSPS) is 13.2. The summed E-state index contributed by atoms with van der Waals surface area (Å²) in [5.74, 6) is 0.285. The van der Waals surface area contributed by atoms with E-state index in [1.165, 1.54) is 0 Å². The molecule has 0 aliphatic heterocycles. The third kappa shape index (κ3) is 3.07. The molecule has 0 aliphatic carbocycles. The number of methoxy groups -OCH3 is 1. The maximum Gasteiger partial charge on any atom is 0.129 e. The number of hydrogen-bond donors (Lipinski definition) is 1. The molecule has 0 amide bonds. The third-order valence-electron chi connectivity index (χ3n) is 2.82. The van der Waals surface area contributed by atoms with Gasteiger partial charge in [0.15, 0.2) is 0 Å². The van der Waals surface area contributed by atoms with Crippen LogP contribution in [0.1, 0.15) is 37.8 Å². The Morgan fingerprint density at radius 3 is 2.47 bits per heavy atom. The number of aldehydes is 1. The Labute approximate surface area is 102 Å². The Hall–Kier alpha value is -1.35. The molecule has 94 valence electrons. The number of carbonyl (C=O) groups is 1. The SMILES string of the molecule is COc1cc(C(C=O)CO)ccc1C(C)(C)C. The number of aliphatic hydroxyl groups is 1. The maximum absolute atomic E-state index is 10.8. The van der Waals surface area contributed by atoms with Crippen LogP contribution in [-0.2, 0) is 10.2 Å². The van der Waals surface area contributed by atoms with E-state index in [1.807, 2.05) is 18.2 Å². The summed E-state index contributed by atoms with van der Waals surface area (Å²) >= 11 is 0. The highest BCUT2D eigenvalue weighted by atomic mass is 16.5. The predicted octanol–water partition coefficient (Wildman–Crippen LogP) is 2.27. The summed E-state index contributed by atoms with van der Waals surface area (Å²) in [5, 5.41) is 9.10. The van der Waals surface area contributed by atoms with Gasteiger partial charge < -0.3 is 14.6 Å². The van der Waals surface area contributed by atoms with Crippen LogP contribution in [-0.4, -0.2) is 25.1 Å². The minimum Gasteiger partial charge on any atom is -0.496 e. The van der Waals surface area contributed by atoms with E-state index in [4.69, 9.17) is 9.84 Å². The van der Waals surface area contributed by atoms with Gasteiger partial charge >= 0.3 is 0 Å². The third-order valence-corrected chi connectivity index (χ3v) is 2.82. The Balaban J connectivity index is 3.21. The van der Waals surface area contributed by atoms with E-state index in [9.17, 15) is 4.79 Å². The Bertz CT molecular complexity index is 391. The van der Waals surface area contributed by atoms with Crippen LogP contribution in [0.5, 0.6) is 5.75 Å². The highest BCUT2D eigenvalue weighted by Gasteiger charge is 2.20. The number of rotatable bonds is 4. The second-order valence-electron chi connectivity index (χ2n) is 5.13. The number of carbonyl (C=O) groups excluding carboxylic acids is 1. The molecule has 0 radical (unpaired) electrons. The van der Waals surface area contributed by atoms with Crippen molar-refractivity contribution in [3.8, 4) is 5.75 Å². The van der Waals surface area contributed by atoms with E-state index in [0.717, 1.165) is 23.2 Å². The lowest BCUT2D eigenvalue weighted by atomic mass is 9.85. The van der Waals surface area contributed by atoms with Gasteiger partial charge in [-0.1, -0.05) is 32.9 Å². The lowest BCUT2D eigenvalue weighted by molar-refractivity contribution is -0.109. The minimum atomic E-state index is -0.474. The van der Waals surface area contributed by atoms with Crippen molar-refractivity contribution < 1.29 is 14.6 Å². The molecular formula is C14H20O3. The summed E-state index contributed by atoms with van der Waals surface area (Å²) in [6.45, 7) is 6.14. The van der Waals surface area contributed by atoms with Crippen LogP contribution >= 0.6 is 0 Å². The van der Waals surface area contributed by atoms with Crippen LogP contribution in [0.15, 0.2) is 18.2 Å². The summed E-state index contributed by atoms with van der Waals surface area (Å²) in [6.07, 6.45) is 0.755. The summed E-state index contributed by atoms with van der Waals surface area (Å²) in [6, 6.07) is 5.66. The van der Waals surface area contributed by atoms with E-state index in [0.29, 0.717) is 0 Å². The van der Waals surface area contributed by atoms with Crippen molar-refractivity contribution in [1.82, 2.24) is 0 Å². The van der Waals surface area contributed by atoms with E-state index < -0.39 is 5.92 Å². The van der Waals surface area contributed by atoms with Gasteiger partial charge in [0, 0.05) is 0 Å². The molecule has 0 aromatic heterocycles. The first kappa shape index (κ1) is 13.7. The van der Waals surface area contributed by atoms with Crippen molar-refractivity contribution in [2.24, 2.45) is 0 Å². The molecular weight excluding hydrogens is 216 g/mol. The molecule has 17 heavy (non-hydrogen) atoms. The zero-order valence-corrected chi connectivity index (χ0v) is 10.9. The molecule has 0 bridgehead atoms. The topological polar surface area (TPSA) is 46.5 Å². The molecule has 1 rings (SSSR count). The summed E-state index contributed by atoms with van der Waals surface area (Å²) < 4.78 is 5.35. The molecule has 0 saturated carbocycles. The quantitative estimate of drug-likeness (QED) is 0.816. The van der Waals surface area contributed by atoms with Crippen molar-refractivity contribution in [3.05, 3.63) is 29.3 Å². The summed E-state index contributed by atoms with van der Waals surface area (Å²) in [5.41, 5.74) is 1.86. The van der Waals surface area contributed by atoms with E-state index in [2.05, 4.69) is 20.8 Å². The van der Waals surface area contributed by atoms with Crippen molar-refractivity contribution in [2.45, 2.75) is 32.1 Å². The highest BCUT2D eigenvalue weighted by molar-refractivity contribution is 5.63. The van der Waals surface area contributed by atoms with Crippen molar-refractivity contribution in [2.75, 3.05) is 13.7 Å². The van der Waals surface area contributed by atoms with Gasteiger partial charge in [-0.25, -0.2) is 0 Å². The standard InChI is InChI=1S/C14H20O3/c1-14(2,3)12-6-5-10(7-13(12)17-4)11(8-15)9-16/h5-8,11,16H,9H2,1-4H3. The van der Waals surface area contributed by atoms with Gasteiger partial charge in [-0.2, -0.15) is 0 Å². The fourth-order valence-electron chi connectivity index (χ4n) is 1.79. The average Bonchev–Trinajstić information content (AvgIpc) is 2.29. The number of ether oxygens (including phenoxy) is 1. The molecule has 0 aliphatic rings. The fraction of sp³-hybridized carbons (Fsp3) is 0.500. The molecule has 0 saturated heterocycles. The van der Waals surface area contributed by atoms with Gasteiger partial charge in [0.25, 0.3) is 0 Å². The molecule has 3 heteroatoms. The van der Waals surface area contributed by atoms with Crippen LogP contribution in [0.25, 0.3) is 0 Å². The molecule has 1 atom stereocenters. The van der Waals surface area contributed by atoms with Crippen molar-refractivity contribution in [1.29, 1.82) is 0 Å².